The second-order valence-electron chi connectivity index (χ2n) is 9.30. The zero-order valence-electron chi connectivity index (χ0n) is 20.4. The van der Waals surface area contributed by atoms with Crippen molar-refractivity contribution in [3.8, 4) is 17.1 Å². The van der Waals surface area contributed by atoms with Crippen LogP contribution in [0.4, 0.5) is 0 Å². The normalized spacial score (nSPS) is 16.4. The molecule has 1 aliphatic rings. The highest BCUT2D eigenvalue weighted by Gasteiger charge is 2.26. The summed E-state index contributed by atoms with van der Waals surface area (Å²) in [6, 6.07) is 15.6. The zero-order valence-corrected chi connectivity index (χ0v) is 21.1. The second kappa shape index (κ2) is 12.2. The Morgan fingerprint density at radius 2 is 2.11 bits per heavy atom. The van der Waals surface area contributed by atoms with Gasteiger partial charge in [0.15, 0.2) is 0 Å². The van der Waals surface area contributed by atoms with E-state index in [0.717, 1.165) is 43.5 Å². The van der Waals surface area contributed by atoms with Gasteiger partial charge in [-0.25, -0.2) is 0 Å². The van der Waals surface area contributed by atoms with Crippen molar-refractivity contribution in [1.82, 2.24) is 20.4 Å². The summed E-state index contributed by atoms with van der Waals surface area (Å²) >= 11 is 6.06. The number of hydrogen-bond acceptors (Lipinski definition) is 6. The van der Waals surface area contributed by atoms with Gasteiger partial charge in [-0.2, -0.15) is 4.98 Å². The van der Waals surface area contributed by atoms with Crippen LogP contribution in [0, 0.1) is 5.92 Å². The van der Waals surface area contributed by atoms with Gasteiger partial charge in [0.25, 0.3) is 0 Å². The third kappa shape index (κ3) is 7.54. The van der Waals surface area contributed by atoms with E-state index in [2.05, 4.69) is 32.5 Å². The molecule has 7 nitrogen and oxygen atoms in total. The fourth-order valence-corrected chi connectivity index (χ4v) is 4.55. The summed E-state index contributed by atoms with van der Waals surface area (Å²) in [5.74, 6) is 2.06. The lowest BCUT2D eigenvalue weighted by atomic mass is 9.97. The van der Waals surface area contributed by atoms with Crippen molar-refractivity contribution >= 4 is 17.5 Å². The lowest BCUT2D eigenvalue weighted by molar-refractivity contribution is -0.126. The standard InChI is InChI=1S/C27H33ClN4O3/c1-19(2)34-24-12-3-7-20(15-24)8-5-13-29-27(33)22-10-6-14-32(17-22)18-25-30-26(31-35-25)21-9-4-11-23(28)16-21/h3-4,7,9,11-12,15-16,19,22H,5-6,8,10,13-14,17-18H2,1-2H3,(H,29,33). The Hall–Kier alpha value is -2.90. The molecule has 1 aliphatic heterocycles. The Balaban J connectivity index is 1.21. The number of nitrogens with one attached hydrogen (secondary N) is 1. The number of carbonyl (C=O) groups is 1. The number of rotatable bonds is 10. The second-order valence-corrected chi connectivity index (χ2v) is 9.74. The smallest absolute Gasteiger partial charge is 0.241 e. The van der Waals surface area contributed by atoms with Gasteiger partial charge in [0, 0.05) is 23.7 Å². The molecular formula is C27H33ClN4O3. The van der Waals surface area contributed by atoms with Crippen LogP contribution in [0.3, 0.4) is 0 Å². The quantitative estimate of drug-likeness (QED) is 0.391. The first kappa shape index (κ1) is 25.2. The number of hydrogen-bond donors (Lipinski definition) is 1. The first-order valence-corrected chi connectivity index (χ1v) is 12.7. The first-order valence-electron chi connectivity index (χ1n) is 12.3. The summed E-state index contributed by atoms with van der Waals surface area (Å²) < 4.78 is 11.2. The minimum absolute atomic E-state index is 0.0261. The van der Waals surface area contributed by atoms with Crippen LogP contribution in [0.15, 0.2) is 53.1 Å². The van der Waals surface area contributed by atoms with E-state index in [0.29, 0.717) is 36.4 Å². The van der Waals surface area contributed by atoms with Crippen LogP contribution in [0.1, 0.15) is 44.6 Å². The summed E-state index contributed by atoms with van der Waals surface area (Å²) in [6.45, 7) is 6.84. The Morgan fingerprint density at radius 3 is 2.94 bits per heavy atom. The topological polar surface area (TPSA) is 80.5 Å². The maximum absolute atomic E-state index is 12.8. The summed E-state index contributed by atoms with van der Waals surface area (Å²) in [7, 11) is 0. The lowest BCUT2D eigenvalue weighted by Crippen LogP contribution is -2.43. The molecule has 0 saturated carbocycles. The van der Waals surface area contributed by atoms with E-state index in [4.69, 9.17) is 20.9 Å². The van der Waals surface area contributed by atoms with Gasteiger partial charge in [0.1, 0.15) is 5.75 Å². The molecule has 1 atom stereocenters. The number of nitrogens with zero attached hydrogens (tertiary/aromatic N) is 3. The molecule has 2 aromatic carbocycles. The van der Waals surface area contributed by atoms with Gasteiger partial charge in [-0.1, -0.05) is 41.0 Å². The van der Waals surface area contributed by atoms with E-state index in [9.17, 15) is 4.79 Å². The third-order valence-electron chi connectivity index (χ3n) is 6.00. The molecule has 8 heteroatoms. The van der Waals surface area contributed by atoms with E-state index in [1.165, 1.54) is 5.56 Å². The highest BCUT2D eigenvalue weighted by molar-refractivity contribution is 6.30. The number of likely N-dealkylation sites (tertiary alicyclic amines) is 1. The highest BCUT2D eigenvalue weighted by Crippen LogP contribution is 2.22. The van der Waals surface area contributed by atoms with E-state index in [1.54, 1.807) is 0 Å². The molecule has 1 N–H and O–H groups in total. The fraction of sp³-hybridized carbons (Fsp3) is 0.444. The Bertz CT molecular complexity index is 1120. The number of piperidine rings is 1. The van der Waals surface area contributed by atoms with Crippen molar-refractivity contribution in [3.05, 3.63) is 65.0 Å². The fourth-order valence-electron chi connectivity index (χ4n) is 4.36. The van der Waals surface area contributed by atoms with Crippen LogP contribution in [0.5, 0.6) is 5.75 Å². The minimum Gasteiger partial charge on any atom is -0.491 e. The number of carbonyl (C=O) groups excluding carboxylic acids is 1. The first-order chi connectivity index (χ1) is 17.0. The van der Waals surface area contributed by atoms with Crippen molar-refractivity contribution in [2.45, 2.75) is 52.2 Å². The molecule has 2 heterocycles. The predicted molar refractivity (Wildman–Crippen MR) is 136 cm³/mol. The minimum atomic E-state index is -0.0261. The third-order valence-corrected chi connectivity index (χ3v) is 6.23. The number of benzene rings is 2. The maximum atomic E-state index is 12.8. The van der Waals surface area contributed by atoms with Crippen LogP contribution in [0.2, 0.25) is 5.02 Å². The highest BCUT2D eigenvalue weighted by atomic mass is 35.5. The van der Waals surface area contributed by atoms with E-state index in [-0.39, 0.29) is 17.9 Å². The largest absolute Gasteiger partial charge is 0.491 e. The summed E-state index contributed by atoms with van der Waals surface area (Å²) in [5, 5.41) is 7.84. The van der Waals surface area contributed by atoms with E-state index in [1.807, 2.05) is 50.2 Å². The number of amides is 1. The summed E-state index contributed by atoms with van der Waals surface area (Å²) in [5.41, 5.74) is 2.04. The molecule has 1 amide bonds. The number of aryl methyl sites for hydroxylation is 1. The molecule has 35 heavy (non-hydrogen) atoms. The van der Waals surface area contributed by atoms with Gasteiger partial charge in [-0.05, 0) is 75.9 Å². The molecule has 0 radical (unpaired) electrons. The molecule has 1 aromatic heterocycles. The van der Waals surface area contributed by atoms with Gasteiger partial charge in [-0.3, -0.25) is 9.69 Å². The number of ether oxygens (including phenoxy) is 1. The number of halogens is 1. The van der Waals surface area contributed by atoms with E-state index >= 15 is 0 Å². The van der Waals surface area contributed by atoms with Crippen molar-refractivity contribution in [1.29, 1.82) is 0 Å². The van der Waals surface area contributed by atoms with Crippen molar-refractivity contribution in [3.63, 3.8) is 0 Å². The van der Waals surface area contributed by atoms with Gasteiger partial charge >= 0.3 is 0 Å². The molecule has 0 spiro atoms. The van der Waals surface area contributed by atoms with Gasteiger partial charge < -0.3 is 14.6 Å². The number of aromatic nitrogens is 2. The predicted octanol–water partition coefficient (Wildman–Crippen LogP) is 5.14. The summed E-state index contributed by atoms with van der Waals surface area (Å²) in [6.07, 6.45) is 3.81. The molecule has 1 unspecified atom stereocenters. The molecule has 0 bridgehead atoms. The molecule has 4 rings (SSSR count). The SMILES string of the molecule is CC(C)Oc1cccc(CCCNC(=O)C2CCCN(Cc3nc(-c4cccc(Cl)c4)no3)C2)c1. The molecule has 3 aromatic rings. The van der Waals surface area contributed by atoms with Crippen LogP contribution in [-0.2, 0) is 17.8 Å². The zero-order chi connectivity index (χ0) is 24.6. The molecule has 186 valence electrons. The van der Waals surface area contributed by atoms with Gasteiger partial charge in [-0.15, -0.1) is 0 Å². The van der Waals surface area contributed by atoms with Crippen molar-refractivity contribution < 1.29 is 14.1 Å². The maximum Gasteiger partial charge on any atom is 0.241 e. The molecular weight excluding hydrogens is 464 g/mol. The average molecular weight is 497 g/mol. The molecule has 1 fully saturated rings. The molecule has 1 saturated heterocycles. The van der Waals surface area contributed by atoms with Crippen LogP contribution in [-0.4, -0.2) is 46.7 Å². The van der Waals surface area contributed by atoms with E-state index < -0.39 is 0 Å². The molecule has 0 aliphatic carbocycles. The average Bonchev–Trinajstić information content (AvgIpc) is 3.30. The van der Waals surface area contributed by atoms with Gasteiger partial charge in [0.05, 0.1) is 18.6 Å². The van der Waals surface area contributed by atoms with Crippen LogP contribution in [0.25, 0.3) is 11.4 Å². The van der Waals surface area contributed by atoms with Crippen LogP contribution < -0.4 is 10.1 Å². The van der Waals surface area contributed by atoms with Gasteiger partial charge in [0.2, 0.25) is 17.6 Å². The van der Waals surface area contributed by atoms with Crippen molar-refractivity contribution in [2.75, 3.05) is 19.6 Å². The Kier molecular flexibility index (Phi) is 8.77. The Morgan fingerprint density at radius 1 is 1.26 bits per heavy atom. The lowest BCUT2D eigenvalue weighted by Gasteiger charge is -2.30. The van der Waals surface area contributed by atoms with Crippen molar-refractivity contribution in [2.24, 2.45) is 5.92 Å². The van der Waals surface area contributed by atoms with Crippen LogP contribution >= 0.6 is 11.6 Å². The summed E-state index contributed by atoms with van der Waals surface area (Å²) in [4.78, 5) is 19.5. The monoisotopic (exact) mass is 496 g/mol. The Labute approximate surface area is 211 Å².